The van der Waals surface area contributed by atoms with E-state index in [-0.39, 0.29) is 17.4 Å². The second-order valence-corrected chi connectivity index (χ2v) is 8.15. The van der Waals surface area contributed by atoms with Gasteiger partial charge in [0, 0.05) is 24.0 Å². The number of halogens is 1. The Morgan fingerprint density at radius 3 is 2.67 bits per heavy atom. The lowest BCUT2D eigenvalue weighted by atomic mass is 9.61. The number of hydrogen-bond donors (Lipinski definition) is 1. The van der Waals surface area contributed by atoms with Crippen LogP contribution in [0.3, 0.4) is 0 Å². The van der Waals surface area contributed by atoms with Gasteiger partial charge in [0.25, 0.3) is 5.91 Å². The first kappa shape index (κ1) is 16.1. The highest BCUT2D eigenvalue weighted by atomic mass is 79.9. The Labute approximate surface area is 150 Å². The predicted octanol–water partition coefficient (Wildman–Crippen LogP) is 2.56. The van der Waals surface area contributed by atoms with Crippen molar-refractivity contribution in [3.63, 3.8) is 0 Å². The Balaban J connectivity index is 1.89. The Bertz CT molecular complexity index is 740. The number of nitrogens with zero attached hydrogens (tertiary/aromatic N) is 2. The van der Waals surface area contributed by atoms with Crippen LogP contribution in [0.5, 0.6) is 0 Å². The Kier molecular flexibility index (Phi) is 3.55. The number of amides is 1. The third-order valence-electron chi connectivity index (χ3n) is 6.22. The Morgan fingerprint density at radius 1 is 1.38 bits per heavy atom. The molecular weight excluding hydrogens is 370 g/mol. The molecule has 0 saturated heterocycles. The van der Waals surface area contributed by atoms with Crippen molar-refractivity contribution in [3.8, 4) is 0 Å². The molecule has 2 spiro atoms. The molecule has 5 nitrogen and oxygen atoms in total. The van der Waals surface area contributed by atoms with Crippen LogP contribution >= 0.6 is 15.9 Å². The number of nitrogens with two attached hydrogens (primary N) is 1. The van der Waals surface area contributed by atoms with E-state index in [0.717, 1.165) is 42.1 Å². The molecule has 0 radical (unpaired) electrons. The highest BCUT2D eigenvalue weighted by molar-refractivity contribution is 9.10. The van der Waals surface area contributed by atoms with Crippen molar-refractivity contribution in [2.45, 2.75) is 43.7 Å². The van der Waals surface area contributed by atoms with E-state index in [1.807, 2.05) is 6.07 Å². The van der Waals surface area contributed by atoms with E-state index < -0.39 is 5.54 Å². The molecule has 1 heterocycles. The van der Waals surface area contributed by atoms with Gasteiger partial charge in [-0.25, -0.2) is 4.99 Å². The van der Waals surface area contributed by atoms with Gasteiger partial charge in [-0.1, -0.05) is 22.0 Å². The van der Waals surface area contributed by atoms with Crippen LogP contribution < -0.4 is 5.73 Å². The summed E-state index contributed by atoms with van der Waals surface area (Å²) in [4.78, 5) is 19.6. The SMILES string of the molecule is CO[C@H]1CC[C@]2(CC1)Cc1ccc(Br)cc1[C@@]21N=C(N)N(C)C1=O. The van der Waals surface area contributed by atoms with E-state index in [4.69, 9.17) is 15.5 Å². The summed E-state index contributed by atoms with van der Waals surface area (Å²) >= 11 is 3.55. The Hall–Kier alpha value is -1.40. The normalized spacial score (nSPS) is 35.0. The van der Waals surface area contributed by atoms with E-state index >= 15 is 0 Å². The summed E-state index contributed by atoms with van der Waals surface area (Å²) in [6.07, 6.45) is 4.92. The summed E-state index contributed by atoms with van der Waals surface area (Å²) in [7, 11) is 3.49. The van der Waals surface area contributed by atoms with Crippen molar-refractivity contribution >= 4 is 27.8 Å². The maximum absolute atomic E-state index is 13.3. The van der Waals surface area contributed by atoms with Gasteiger partial charge in [-0.15, -0.1) is 0 Å². The van der Waals surface area contributed by atoms with Gasteiger partial charge in [-0.2, -0.15) is 0 Å². The topological polar surface area (TPSA) is 67.9 Å². The molecule has 3 aliphatic rings. The number of carbonyl (C=O) groups excluding carboxylic acids is 1. The molecule has 1 aromatic rings. The van der Waals surface area contributed by atoms with Crippen molar-refractivity contribution < 1.29 is 9.53 Å². The second kappa shape index (κ2) is 5.30. The van der Waals surface area contributed by atoms with Crippen LogP contribution in [0.15, 0.2) is 27.7 Å². The van der Waals surface area contributed by atoms with Crippen molar-refractivity contribution in [1.29, 1.82) is 0 Å². The minimum absolute atomic E-state index is 0.00715. The van der Waals surface area contributed by atoms with Crippen molar-refractivity contribution in [3.05, 3.63) is 33.8 Å². The quantitative estimate of drug-likeness (QED) is 0.799. The number of hydrogen-bond acceptors (Lipinski definition) is 4. The monoisotopic (exact) mass is 391 g/mol. The molecule has 0 bridgehead atoms. The highest BCUT2D eigenvalue weighted by Crippen LogP contribution is 2.61. The fourth-order valence-electron chi connectivity index (χ4n) is 4.90. The summed E-state index contributed by atoms with van der Waals surface area (Å²) in [5.41, 5.74) is 7.25. The van der Waals surface area contributed by atoms with Gasteiger partial charge >= 0.3 is 0 Å². The average Bonchev–Trinajstić information content (AvgIpc) is 2.97. The maximum atomic E-state index is 13.3. The van der Waals surface area contributed by atoms with Gasteiger partial charge in [0.1, 0.15) is 0 Å². The summed E-state index contributed by atoms with van der Waals surface area (Å²) < 4.78 is 6.52. The number of likely N-dealkylation sites (N-methyl/N-ethyl adjacent to an activating group) is 1. The molecule has 6 heteroatoms. The Morgan fingerprint density at radius 2 is 2.08 bits per heavy atom. The van der Waals surface area contributed by atoms with E-state index in [0.29, 0.717) is 5.96 Å². The summed E-state index contributed by atoms with van der Waals surface area (Å²) in [6.45, 7) is 0. The number of rotatable bonds is 1. The fraction of sp³-hybridized carbons (Fsp3) is 0.556. The predicted molar refractivity (Wildman–Crippen MR) is 95.6 cm³/mol. The molecule has 1 saturated carbocycles. The van der Waals surface area contributed by atoms with Gasteiger partial charge in [0.15, 0.2) is 11.5 Å². The number of aliphatic imine (C=N–C) groups is 1. The average molecular weight is 392 g/mol. The van der Waals surface area contributed by atoms with Crippen LogP contribution in [-0.4, -0.2) is 37.0 Å². The van der Waals surface area contributed by atoms with E-state index in [1.54, 1.807) is 14.2 Å². The molecule has 1 aliphatic heterocycles. The number of methoxy groups -OCH3 is 1. The number of guanidine groups is 1. The van der Waals surface area contributed by atoms with Crippen LogP contribution in [0.4, 0.5) is 0 Å². The third kappa shape index (κ3) is 1.90. The molecule has 2 aliphatic carbocycles. The van der Waals surface area contributed by atoms with Gasteiger partial charge in [0.2, 0.25) is 0 Å². The van der Waals surface area contributed by atoms with Gasteiger partial charge in [0.05, 0.1) is 6.10 Å². The van der Waals surface area contributed by atoms with Crippen LogP contribution in [0.25, 0.3) is 0 Å². The molecule has 128 valence electrons. The van der Waals surface area contributed by atoms with Crippen LogP contribution in [0.2, 0.25) is 0 Å². The fourth-order valence-corrected chi connectivity index (χ4v) is 5.26. The number of fused-ring (bicyclic) bond motifs is 3. The van der Waals surface area contributed by atoms with Crippen LogP contribution in [0.1, 0.15) is 36.8 Å². The van der Waals surface area contributed by atoms with Crippen LogP contribution in [-0.2, 0) is 21.5 Å². The molecule has 2 N–H and O–H groups in total. The molecular formula is C18H22BrN3O2. The number of carbonyl (C=O) groups is 1. The number of benzene rings is 1. The molecule has 1 atom stereocenters. The minimum atomic E-state index is -0.871. The third-order valence-corrected chi connectivity index (χ3v) is 6.71. The molecule has 1 aromatic carbocycles. The first-order valence-electron chi connectivity index (χ1n) is 8.39. The lowest BCUT2D eigenvalue weighted by Gasteiger charge is -2.45. The largest absolute Gasteiger partial charge is 0.381 e. The lowest BCUT2D eigenvalue weighted by Crippen LogP contribution is -2.51. The van der Waals surface area contributed by atoms with E-state index in [1.165, 1.54) is 10.5 Å². The van der Waals surface area contributed by atoms with Crippen molar-refractivity contribution in [2.24, 2.45) is 16.1 Å². The molecule has 0 unspecified atom stereocenters. The first-order chi connectivity index (χ1) is 11.4. The van der Waals surface area contributed by atoms with E-state index in [2.05, 4.69) is 28.1 Å². The first-order valence-corrected chi connectivity index (χ1v) is 9.18. The second-order valence-electron chi connectivity index (χ2n) is 7.24. The lowest BCUT2D eigenvalue weighted by molar-refractivity contribution is -0.137. The summed E-state index contributed by atoms with van der Waals surface area (Å²) in [6, 6.07) is 6.22. The van der Waals surface area contributed by atoms with Gasteiger partial charge in [-0.3, -0.25) is 9.69 Å². The summed E-state index contributed by atoms with van der Waals surface area (Å²) in [5.74, 6) is 0.328. The standard InChI is InChI=1S/C18H22BrN3O2/c1-22-15(23)18(21-16(22)20)14-9-12(19)4-3-11(14)10-17(18)7-5-13(24-2)6-8-17/h3-4,9,13H,5-8,10H2,1-2H3,(H2,20,21)/t13-,17-,18-/m0/s1. The van der Waals surface area contributed by atoms with Crippen molar-refractivity contribution in [1.82, 2.24) is 4.90 Å². The summed E-state index contributed by atoms with van der Waals surface area (Å²) in [5, 5.41) is 0. The molecule has 24 heavy (non-hydrogen) atoms. The van der Waals surface area contributed by atoms with Gasteiger partial charge < -0.3 is 10.5 Å². The zero-order chi connectivity index (χ0) is 17.1. The molecule has 1 fully saturated rings. The van der Waals surface area contributed by atoms with Crippen LogP contribution in [0, 0.1) is 5.41 Å². The number of ether oxygens (including phenoxy) is 1. The molecule has 0 aromatic heterocycles. The smallest absolute Gasteiger partial charge is 0.262 e. The van der Waals surface area contributed by atoms with Crippen molar-refractivity contribution in [2.75, 3.05) is 14.2 Å². The van der Waals surface area contributed by atoms with E-state index in [9.17, 15) is 4.79 Å². The zero-order valence-corrected chi connectivity index (χ0v) is 15.6. The molecule has 1 amide bonds. The minimum Gasteiger partial charge on any atom is -0.381 e. The highest BCUT2D eigenvalue weighted by Gasteiger charge is 2.66. The zero-order valence-electron chi connectivity index (χ0n) is 14.0. The molecule has 4 rings (SSSR count). The van der Waals surface area contributed by atoms with Gasteiger partial charge in [-0.05, 0) is 55.4 Å². The maximum Gasteiger partial charge on any atom is 0.262 e.